The molecule has 0 saturated carbocycles. The standard InChI is InChI=1S/C25H32N8O3/c1-5-11-32-23-22(24(35)33(12-6-2)25(32)36)27-19(28-23)14-17-15-20(30-29-17)26-21(34)13-16-7-9-18(10-8-16)31(3)4/h7-10,15H,5-6,11-14H2,1-4H3,(H,27,28)(H2,26,29,30,34). The Morgan fingerprint density at radius 3 is 2.42 bits per heavy atom. The van der Waals surface area contributed by atoms with E-state index >= 15 is 0 Å². The van der Waals surface area contributed by atoms with Crippen LogP contribution in [0.2, 0.25) is 0 Å². The summed E-state index contributed by atoms with van der Waals surface area (Å²) in [6, 6.07) is 9.53. The van der Waals surface area contributed by atoms with Gasteiger partial charge in [0.05, 0.1) is 6.42 Å². The first-order valence-electron chi connectivity index (χ1n) is 12.1. The van der Waals surface area contributed by atoms with Crippen LogP contribution in [0.5, 0.6) is 0 Å². The van der Waals surface area contributed by atoms with Crippen molar-refractivity contribution >= 4 is 28.6 Å². The van der Waals surface area contributed by atoms with E-state index in [1.54, 1.807) is 10.6 Å². The van der Waals surface area contributed by atoms with Gasteiger partial charge in [0.15, 0.2) is 11.3 Å². The predicted molar refractivity (Wildman–Crippen MR) is 140 cm³/mol. The zero-order valence-electron chi connectivity index (χ0n) is 21.1. The monoisotopic (exact) mass is 492 g/mol. The van der Waals surface area contributed by atoms with Crippen molar-refractivity contribution in [1.29, 1.82) is 0 Å². The number of aromatic amines is 2. The second kappa shape index (κ2) is 10.6. The number of hydrogen-bond donors (Lipinski definition) is 3. The highest BCUT2D eigenvalue weighted by Crippen LogP contribution is 2.15. The second-order valence-electron chi connectivity index (χ2n) is 9.01. The zero-order valence-corrected chi connectivity index (χ0v) is 21.1. The summed E-state index contributed by atoms with van der Waals surface area (Å²) in [5.74, 6) is 0.766. The van der Waals surface area contributed by atoms with Crippen LogP contribution < -0.4 is 21.5 Å². The molecule has 0 spiro atoms. The zero-order chi connectivity index (χ0) is 25.8. The molecule has 11 heteroatoms. The Morgan fingerprint density at radius 2 is 1.75 bits per heavy atom. The van der Waals surface area contributed by atoms with Crippen LogP contribution in [-0.4, -0.2) is 49.3 Å². The third kappa shape index (κ3) is 5.24. The van der Waals surface area contributed by atoms with E-state index in [2.05, 4.69) is 25.5 Å². The van der Waals surface area contributed by atoms with Gasteiger partial charge in [-0.3, -0.25) is 23.8 Å². The van der Waals surface area contributed by atoms with Crippen LogP contribution in [0.15, 0.2) is 39.9 Å². The molecule has 1 aromatic carbocycles. The van der Waals surface area contributed by atoms with Crippen LogP contribution in [0.1, 0.15) is 43.8 Å². The maximum atomic E-state index is 12.9. The van der Waals surface area contributed by atoms with Crippen LogP contribution in [-0.2, 0) is 30.7 Å². The number of nitrogens with zero attached hydrogens (tertiary/aromatic N) is 5. The highest BCUT2D eigenvalue weighted by Gasteiger charge is 2.17. The molecule has 0 radical (unpaired) electrons. The van der Waals surface area contributed by atoms with E-state index in [4.69, 9.17) is 0 Å². The van der Waals surface area contributed by atoms with Gasteiger partial charge in [-0.2, -0.15) is 5.10 Å². The number of carbonyl (C=O) groups is 1. The number of H-pyrrole nitrogens is 2. The third-order valence-corrected chi connectivity index (χ3v) is 5.88. The van der Waals surface area contributed by atoms with Gasteiger partial charge in [-0.15, -0.1) is 0 Å². The Morgan fingerprint density at radius 1 is 1.06 bits per heavy atom. The number of nitrogens with one attached hydrogen (secondary N) is 3. The minimum absolute atomic E-state index is 0.172. The Balaban J connectivity index is 1.49. The van der Waals surface area contributed by atoms with E-state index < -0.39 is 0 Å². The number of imidazole rings is 1. The molecule has 0 fully saturated rings. The summed E-state index contributed by atoms with van der Waals surface area (Å²) in [5.41, 5.74) is 2.65. The molecule has 0 aliphatic heterocycles. The van der Waals surface area contributed by atoms with Gasteiger partial charge in [0.1, 0.15) is 11.5 Å². The number of benzene rings is 1. The van der Waals surface area contributed by atoms with Crippen LogP contribution in [0.4, 0.5) is 11.5 Å². The summed E-state index contributed by atoms with van der Waals surface area (Å²) < 4.78 is 2.83. The molecule has 3 heterocycles. The molecule has 3 N–H and O–H groups in total. The van der Waals surface area contributed by atoms with E-state index in [0.717, 1.165) is 17.7 Å². The molecule has 36 heavy (non-hydrogen) atoms. The largest absolute Gasteiger partial charge is 0.378 e. The molecule has 3 aromatic heterocycles. The topological polar surface area (TPSA) is 134 Å². The Hall–Kier alpha value is -4.15. The summed E-state index contributed by atoms with van der Waals surface area (Å²) in [6.07, 6.45) is 1.99. The van der Waals surface area contributed by atoms with Crippen molar-refractivity contribution in [2.24, 2.45) is 0 Å². The van der Waals surface area contributed by atoms with Crippen LogP contribution in [0, 0.1) is 0 Å². The SMILES string of the molecule is CCCn1c(=O)c2nc(Cc3cc(NC(=O)Cc4ccc(N(C)C)cc4)n[nH]3)[nH]c2n(CCC)c1=O. The number of amides is 1. The first-order valence-corrected chi connectivity index (χ1v) is 12.1. The number of carbonyl (C=O) groups excluding carboxylic acids is 1. The fourth-order valence-electron chi connectivity index (χ4n) is 4.13. The second-order valence-corrected chi connectivity index (χ2v) is 9.01. The molecular formula is C25H32N8O3. The molecule has 0 aliphatic rings. The van der Waals surface area contributed by atoms with Crippen molar-refractivity contribution in [1.82, 2.24) is 29.3 Å². The number of rotatable bonds is 10. The quantitative estimate of drug-likeness (QED) is 0.311. The summed E-state index contributed by atoms with van der Waals surface area (Å²) in [5, 5.41) is 9.88. The van der Waals surface area contributed by atoms with Crippen LogP contribution >= 0.6 is 0 Å². The van der Waals surface area contributed by atoms with E-state index in [9.17, 15) is 14.4 Å². The Kier molecular flexibility index (Phi) is 7.37. The minimum Gasteiger partial charge on any atom is -0.378 e. The molecule has 0 unspecified atom stereocenters. The summed E-state index contributed by atoms with van der Waals surface area (Å²) in [6.45, 7) is 4.73. The van der Waals surface area contributed by atoms with Gasteiger partial charge in [0.2, 0.25) is 5.91 Å². The van der Waals surface area contributed by atoms with Gasteiger partial charge >= 0.3 is 5.69 Å². The van der Waals surface area contributed by atoms with Gasteiger partial charge in [-0.1, -0.05) is 26.0 Å². The molecule has 0 aliphatic carbocycles. The molecule has 190 valence electrons. The lowest BCUT2D eigenvalue weighted by Crippen LogP contribution is -2.40. The molecular weight excluding hydrogens is 460 g/mol. The Bertz CT molecular complexity index is 1470. The molecule has 0 saturated heterocycles. The lowest BCUT2D eigenvalue weighted by atomic mass is 10.1. The number of aryl methyl sites for hydroxylation is 1. The van der Waals surface area contributed by atoms with Crippen molar-refractivity contribution in [3.05, 3.63) is 68.3 Å². The number of hydrogen-bond acceptors (Lipinski definition) is 6. The lowest BCUT2D eigenvalue weighted by molar-refractivity contribution is -0.115. The molecule has 0 atom stereocenters. The lowest BCUT2D eigenvalue weighted by Gasteiger charge is -2.12. The number of aromatic nitrogens is 6. The summed E-state index contributed by atoms with van der Waals surface area (Å²) in [7, 11) is 3.93. The van der Waals surface area contributed by atoms with Crippen LogP contribution in [0.25, 0.3) is 11.2 Å². The predicted octanol–water partition coefficient (Wildman–Crippen LogP) is 2.27. The smallest absolute Gasteiger partial charge is 0.332 e. The average molecular weight is 493 g/mol. The van der Waals surface area contributed by atoms with E-state index in [0.29, 0.717) is 48.9 Å². The van der Waals surface area contributed by atoms with Crippen molar-refractivity contribution < 1.29 is 4.79 Å². The first kappa shape index (κ1) is 25.0. The Labute approximate surface area is 208 Å². The van der Waals surface area contributed by atoms with Gasteiger partial charge in [-0.05, 0) is 30.5 Å². The van der Waals surface area contributed by atoms with E-state index in [-0.39, 0.29) is 29.1 Å². The van der Waals surface area contributed by atoms with Crippen LogP contribution in [0.3, 0.4) is 0 Å². The van der Waals surface area contributed by atoms with Gasteiger partial charge in [0, 0.05) is 51.1 Å². The fourth-order valence-corrected chi connectivity index (χ4v) is 4.13. The highest BCUT2D eigenvalue weighted by atomic mass is 16.2. The van der Waals surface area contributed by atoms with Crippen molar-refractivity contribution in [3.8, 4) is 0 Å². The molecule has 4 aromatic rings. The third-order valence-electron chi connectivity index (χ3n) is 5.88. The summed E-state index contributed by atoms with van der Waals surface area (Å²) >= 11 is 0. The summed E-state index contributed by atoms with van der Waals surface area (Å²) in [4.78, 5) is 47.9. The van der Waals surface area contributed by atoms with Crippen molar-refractivity contribution in [3.63, 3.8) is 0 Å². The molecule has 0 bridgehead atoms. The van der Waals surface area contributed by atoms with Gasteiger partial charge in [-0.25, -0.2) is 9.78 Å². The molecule has 11 nitrogen and oxygen atoms in total. The number of anilines is 2. The van der Waals surface area contributed by atoms with Gasteiger partial charge < -0.3 is 15.2 Å². The average Bonchev–Trinajstić information content (AvgIpc) is 3.47. The van der Waals surface area contributed by atoms with Crippen molar-refractivity contribution in [2.75, 3.05) is 24.3 Å². The normalized spacial score (nSPS) is 11.2. The van der Waals surface area contributed by atoms with E-state index in [1.165, 1.54) is 4.57 Å². The molecule has 4 rings (SSSR count). The maximum absolute atomic E-state index is 12.9. The van der Waals surface area contributed by atoms with Crippen molar-refractivity contribution in [2.45, 2.75) is 52.6 Å². The fraction of sp³-hybridized carbons (Fsp3) is 0.400. The molecule has 1 amide bonds. The number of fused-ring (bicyclic) bond motifs is 1. The van der Waals surface area contributed by atoms with Gasteiger partial charge in [0.25, 0.3) is 5.56 Å². The minimum atomic E-state index is -0.386. The highest BCUT2D eigenvalue weighted by molar-refractivity contribution is 5.91. The first-order chi connectivity index (χ1) is 17.3. The van der Waals surface area contributed by atoms with E-state index in [1.807, 2.05) is 57.1 Å². The maximum Gasteiger partial charge on any atom is 0.332 e.